The molecule has 0 saturated carbocycles. The van der Waals surface area contributed by atoms with Crippen LogP contribution in [0.2, 0.25) is 0 Å². The summed E-state index contributed by atoms with van der Waals surface area (Å²) in [5.41, 5.74) is 3.33. The van der Waals surface area contributed by atoms with Crippen LogP contribution in [0.3, 0.4) is 0 Å². The van der Waals surface area contributed by atoms with E-state index in [4.69, 9.17) is 10.00 Å². The average molecular weight is 419 g/mol. The molecule has 1 aromatic heterocycles. The van der Waals surface area contributed by atoms with Gasteiger partial charge in [0.1, 0.15) is 5.75 Å². The first-order valence-corrected chi connectivity index (χ1v) is 10.6. The van der Waals surface area contributed by atoms with E-state index >= 15 is 0 Å². The van der Waals surface area contributed by atoms with Crippen molar-refractivity contribution in [1.29, 1.82) is 5.26 Å². The van der Waals surface area contributed by atoms with E-state index < -0.39 is 0 Å². The number of methoxy groups -OCH3 is 1. The normalized spacial score (nSPS) is 13.0. The van der Waals surface area contributed by atoms with E-state index in [0.717, 1.165) is 34.3 Å². The lowest BCUT2D eigenvalue weighted by Gasteiger charge is -2.22. The first-order valence-electron chi connectivity index (χ1n) is 10.6. The molecule has 2 aromatic carbocycles. The highest BCUT2D eigenvalue weighted by atomic mass is 16.5. The Hall–Kier alpha value is -3.30. The Morgan fingerprint density at radius 3 is 2.65 bits per heavy atom. The van der Waals surface area contributed by atoms with Crippen LogP contribution in [0.4, 0.5) is 0 Å². The van der Waals surface area contributed by atoms with Gasteiger partial charge >= 0.3 is 0 Å². The maximum absolute atomic E-state index is 12.7. The van der Waals surface area contributed by atoms with Crippen LogP contribution in [0, 0.1) is 17.2 Å². The summed E-state index contributed by atoms with van der Waals surface area (Å²) in [5.74, 6) is 0.658. The number of carbonyl (C=O) groups is 1. The Morgan fingerprint density at radius 2 is 1.97 bits per heavy atom. The van der Waals surface area contributed by atoms with Gasteiger partial charge in [-0.05, 0) is 42.8 Å². The lowest BCUT2D eigenvalue weighted by Crippen LogP contribution is -2.40. The van der Waals surface area contributed by atoms with Crippen molar-refractivity contribution in [2.24, 2.45) is 5.92 Å². The number of benzene rings is 2. The summed E-state index contributed by atoms with van der Waals surface area (Å²) < 4.78 is 5.30. The van der Waals surface area contributed by atoms with Crippen molar-refractivity contribution in [3.8, 4) is 11.8 Å². The van der Waals surface area contributed by atoms with Crippen LogP contribution in [-0.4, -0.2) is 49.1 Å². The van der Waals surface area contributed by atoms with Crippen molar-refractivity contribution in [3.05, 3.63) is 65.9 Å². The van der Waals surface area contributed by atoms with E-state index in [2.05, 4.69) is 28.5 Å². The summed E-state index contributed by atoms with van der Waals surface area (Å²) in [7, 11) is 1.65. The second kappa shape index (κ2) is 10.6. The molecule has 1 heterocycles. The summed E-state index contributed by atoms with van der Waals surface area (Å²) >= 11 is 0. The van der Waals surface area contributed by atoms with Crippen molar-refractivity contribution < 1.29 is 9.53 Å². The highest BCUT2D eigenvalue weighted by molar-refractivity contribution is 5.84. The van der Waals surface area contributed by atoms with Crippen LogP contribution in [0.1, 0.15) is 30.9 Å². The van der Waals surface area contributed by atoms with Gasteiger partial charge < -0.3 is 15.0 Å². The predicted octanol–water partition coefficient (Wildman–Crippen LogP) is 3.91. The summed E-state index contributed by atoms with van der Waals surface area (Å²) in [4.78, 5) is 18.0. The van der Waals surface area contributed by atoms with Gasteiger partial charge in [-0.3, -0.25) is 9.69 Å². The van der Waals surface area contributed by atoms with Gasteiger partial charge in [-0.25, -0.2) is 0 Å². The number of amides is 1. The second-order valence-electron chi connectivity index (χ2n) is 7.78. The molecule has 0 aliphatic carbocycles. The Bertz CT molecular complexity index is 1040. The molecule has 0 saturated heterocycles. The molecule has 31 heavy (non-hydrogen) atoms. The van der Waals surface area contributed by atoms with E-state index in [-0.39, 0.29) is 24.3 Å². The molecule has 3 aromatic rings. The average Bonchev–Trinajstić information content (AvgIpc) is 3.23. The number of likely N-dealkylation sites (N-methyl/N-ethyl adjacent to an activating group) is 1. The van der Waals surface area contributed by atoms with E-state index in [1.165, 1.54) is 0 Å². The fraction of sp³-hybridized carbons (Fsp3) is 0.360. The number of aromatic nitrogens is 1. The molecule has 0 fully saturated rings. The Balaban J connectivity index is 1.79. The third kappa shape index (κ3) is 5.65. The molecule has 0 radical (unpaired) electrons. The summed E-state index contributed by atoms with van der Waals surface area (Å²) in [6, 6.07) is 18.4. The predicted molar refractivity (Wildman–Crippen MR) is 123 cm³/mol. The third-order valence-corrected chi connectivity index (χ3v) is 5.59. The third-order valence-electron chi connectivity index (χ3n) is 5.59. The van der Waals surface area contributed by atoms with Crippen LogP contribution < -0.4 is 10.1 Å². The summed E-state index contributed by atoms with van der Waals surface area (Å²) in [6.07, 6.45) is 2.03. The second-order valence-corrected chi connectivity index (χ2v) is 7.78. The zero-order chi connectivity index (χ0) is 22.2. The number of hydrogen-bond donors (Lipinski definition) is 2. The van der Waals surface area contributed by atoms with Crippen molar-refractivity contribution in [2.45, 2.75) is 19.8 Å². The first-order chi connectivity index (χ1) is 15.0. The fourth-order valence-corrected chi connectivity index (χ4v) is 3.83. The Labute approximate surface area is 183 Å². The number of nitrogens with zero attached hydrogens (tertiary/aromatic N) is 2. The molecular weight excluding hydrogens is 388 g/mol. The largest absolute Gasteiger partial charge is 0.497 e. The number of nitrogens with one attached hydrogen (secondary N) is 2. The van der Waals surface area contributed by atoms with Crippen LogP contribution in [0.5, 0.6) is 5.75 Å². The molecule has 2 atom stereocenters. The molecule has 0 aliphatic heterocycles. The van der Waals surface area contributed by atoms with E-state index in [0.29, 0.717) is 13.1 Å². The van der Waals surface area contributed by atoms with Gasteiger partial charge in [0.15, 0.2) is 0 Å². The number of hydrogen-bond acceptors (Lipinski definition) is 4. The maximum atomic E-state index is 12.7. The van der Waals surface area contributed by atoms with Gasteiger partial charge in [0.25, 0.3) is 0 Å². The number of rotatable bonds is 10. The van der Waals surface area contributed by atoms with Crippen molar-refractivity contribution in [3.63, 3.8) is 0 Å². The highest BCUT2D eigenvalue weighted by Gasteiger charge is 2.20. The molecule has 1 amide bonds. The maximum Gasteiger partial charge on any atom is 0.234 e. The van der Waals surface area contributed by atoms with Crippen molar-refractivity contribution in [2.75, 3.05) is 33.3 Å². The molecule has 0 bridgehead atoms. The fourth-order valence-electron chi connectivity index (χ4n) is 3.83. The molecule has 6 nitrogen and oxygen atoms in total. The standard InChI is InChI=1S/C25H30N4O2/c1-4-29(16-18(2)13-26)17-25(30)28-14-22(19-9-11-20(31-3)12-10-19)23-15-27-24-8-6-5-7-21(23)24/h5-12,15,18,22,27H,4,14,16-17H2,1-3H3,(H,28,30). The monoisotopic (exact) mass is 418 g/mol. The number of aromatic amines is 1. The number of para-hydroxylation sites is 1. The summed E-state index contributed by atoms with van der Waals surface area (Å²) in [6.45, 7) is 5.96. The number of nitriles is 1. The first kappa shape index (κ1) is 22.4. The lowest BCUT2D eigenvalue weighted by atomic mass is 9.90. The zero-order valence-corrected chi connectivity index (χ0v) is 18.4. The SMILES string of the molecule is CCN(CC(=O)NCC(c1ccc(OC)cc1)c1c[nH]c2ccccc12)CC(C)C#N. The number of ether oxygens (including phenoxy) is 1. The van der Waals surface area contributed by atoms with E-state index in [1.54, 1.807) is 7.11 Å². The Morgan fingerprint density at radius 1 is 1.23 bits per heavy atom. The van der Waals surface area contributed by atoms with Gasteiger partial charge in [-0.1, -0.05) is 37.3 Å². The van der Waals surface area contributed by atoms with Gasteiger partial charge in [-0.2, -0.15) is 5.26 Å². The van der Waals surface area contributed by atoms with Crippen molar-refractivity contribution in [1.82, 2.24) is 15.2 Å². The molecule has 3 rings (SSSR count). The van der Waals surface area contributed by atoms with Crippen LogP contribution in [-0.2, 0) is 4.79 Å². The van der Waals surface area contributed by atoms with Crippen LogP contribution in [0.15, 0.2) is 54.7 Å². The van der Waals surface area contributed by atoms with E-state index in [9.17, 15) is 4.79 Å². The molecule has 6 heteroatoms. The van der Waals surface area contributed by atoms with Crippen LogP contribution >= 0.6 is 0 Å². The number of fused-ring (bicyclic) bond motifs is 1. The smallest absolute Gasteiger partial charge is 0.234 e. The van der Waals surface area contributed by atoms with Gasteiger partial charge in [0.2, 0.25) is 5.91 Å². The quantitative estimate of drug-likeness (QED) is 0.523. The molecule has 0 spiro atoms. The molecule has 2 unspecified atom stereocenters. The molecule has 2 N–H and O–H groups in total. The topological polar surface area (TPSA) is 81.2 Å². The minimum atomic E-state index is -0.106. The minimum absolute atomic E-state index is 0.000820. The molecular formula is C25H30N4O2. The highest BCUT2D eigenvalue weighted by Crippen LogP contribution is 2.31. The van der Waals surface area contributed by atoms with Gasteiger partial charge in [-0.15, -0.1) is 0 Å². The Kier molecular flexibility index (Phi) is 7.69. The molecule has 0 aliphatic rings. The van der Waals surface area contributed by atoms with Gasteiger partial charge in [0.05, 0.1) is 25.6 Å². The van der Waals surface area contributed by atoms with E-state index in [1.807, 2.05) is 61.3 Å². The van der Waals surface area contributed by atoms with Gasteiger partial charge in [0, 0.05) is 36.1 Å². The summed E-state index contributed by atoms with van der Waals surface area (Å²) in [5, 5.41) is 13.3. The number of H-pyrrole nitrogens is 1. The minimum Gasteiger partial charge on any atom is -0.497 e. The lowest BCUT2D eigenvalue weighted by molar-refractivity contribution is -0.122. The molecule has 162 valence electrons. The van der Waals surface area contributed by atoms with Crippen LogP contribution in [0.25, 0.3) is 10.9 Å². The number of carbonyl (C=O) groups excluding carboxylic acids is 1. The zero-order valence-electron chi connectivity index (χ0n) is 18.4. The van der Waals surface area contributed by atoms with Crippen molar-refractivity contribution >= 4 is 16.8 Å².